The number of rotatable bonds is 3. The Labute approximate surface area is 130 Å². The molecule has 0 saturated heterocycles. The Kier molecular flexibility index (Phi) is 4.47. The summed E-state index contributed by atoms with van der Waals surface area (Å²) in [4.78, 5) is 5.54. The largest absolute Gasteiger partial charge is 0.490 e. The molecule has 3 rings (SSSR count). The Morgan fingerprint density at radius 1 is 1.10 bits per heavy atom. The number of nitrogens with zero attached hydrogens (tertiary/aromatic N) is 1. The van der Waals surface area contributed by atoms with Crippen LogP contribution in [0.15, 0.2) is 45.9 Å². The van der Waals surface area contributed by atoms with Crippen molar-refractivity contribution in [2.75, 3.05) is 13.2 Å². The lowest BCUT2D eigenvalue weighted by molar-refractivity contribution is 0.297. The lowest BCUT2D eigenvalue weighted by atomic mass is 10.3. The minimum absolute atomic E-state index is 0.718. The average molecular weight is 352 g/mol. The van der Waals surface area contributed by atoms with Crippen LogP contribution < -0.4 is 9.47 Å². The van der Waals surface area contributed by atoms with E-state index in [0.717, 1.165) is 47.1 Å². The smallest absolute Gasteiger partial charge is 0.162 e. The van der Waals surface area contributed by atoms with Gasteiger partial charge in [-0.1, -0.05) is 0 Å². The summed E-state index contributed by atoms with van der Waals surface area (Å²) in [6, 6.07) is 10.1. The van der Waals surface area contributed by atoms with Crippen molar-refractivity contribution in [1.29, 1.82) is 0 Å². The number of benzene rings is 1. The first-order valence-corrected chi connectivity index (χ1v) is 8.22. The quantitative estimate of drug-likeness (QED) is 0.771. The van der Waals surface area contributed by atoms with Crippen LogP contribution in [0.3, 0.4) is 0 Å². The molecular formula is C15H14BrNO2S. The monoisotopic (exact) mass is 351 g/mol. The Balaban J connectivity index is 1.68. The Morgan fingerprint density at radius 2 is 1.95 bits per heavy atom. The standard InChI is InChI=1S/C15H14BrNO2S/c16-11-2-3-12(17-9-11)10-20-13-4-5-14-15(8-13)19-7-1-6-18-14/h2-5,8-9H,1,6-7,10H2. The molecule has 0 fully saturated rings. The Morgan fingerprint density at radius 3 is 2.75 bits per heavy atom. The van der Waals surface area contributed by atoms with Crippen LogP contribution >= 0.6 is 27.7 Å². The van der Waals surface area contributed by atoms with Crippen molar-refractivity contribution in [3.05, 3.63) is 46.7 Å². The number of halogens is 1. The molecule has 2 aromatic rings. The van der Waals surface area contributed by atoms with Gasteiger partial charge in [0.05, 0.1) is 18.9 Å². The molecule has 1 aromatic heterocycles. The number of pyridine rings is 1. The summed E-state index contributed by atoms with van der Waals surface area (Å²) in [5.74, 6) is 2.53. The van der Waals surface area contributed by atoms with Crippen LogP contribution in [0.5, 0.6) is 11.5 Å². The molecular weight excluding hydrogens is 338 g/mol. The van der Waals surface area contributed by atoms with Gasteiger partial charge in [-0.05, 0) is 46.3 Å². The van der Waals surface area contributed by atoms with Crippen molar-refractivity contribution >= 4 is 27.7 Å². The third-order valence-corrected chi connectivity index (χ3v) is 4.39. The summed E-state index contributed by atoms with van der Waals surface area (Å²) >= 11 is 5.14. The number of ether oxygens (including phenoxy) is 2. The zero-order valence-electron chi connectivity index (χ0n) is 10.8. The van der Waals surface area contributed by atoms with Crippen LogP contribution in [0.2, 0.25) is 0 Å². The Bertz CT molecular complexity index is 589. The summed E-state index contributed by atoms with van der Waals surface area (Å²) in [6.07, 6.45) is 2.75. The molecule has 0 aliphatic carbocycles. The molecule has 2 heterocycles. The van der Waals surface area contributed by atoms with Crippen molar-refractivity contribution in [3.63, 3.8) is 0 Å². The second kappa shape index (κ2) is 6.50. The van der Waals surface area contributed by atoms with Crippen LogP contribution in [-0.4, -0.2) is 18.2 Å². The molecule has 1 aliphatic rings. The summed E-state index contributed by atoms with van der Waals surface area (Å²) < 4.78 is 12.3. The van der Waals surface area contributed by atoms with E-state index < -0.39 is 0 Å². The SMILES string of the molecule is Brc1ccc(CSc2ccc3c(c2)OCCCO3)nc1. The van der Waals surface area contributed by atoms with Gasteiger partial charge in [0, 0.05) is 27.7 Å². The molecule has 104 valence electrons. The van der Waals surface area contributed by atoms with Gasteiger partial charge in [-0.15, -0.1) is 11.8 Å². The van der Waals surface area contributed by atoms with Crippen LogP contribution in [0.25, 0.3) is 0 Å². The van der Waals surface area contributed by atoms with Crippen LogP contribution in [0.4, 0.5) is 0 Å². The molecule has 0 amide bonds. The number of fused-ring (bicyclic) bond motifs is 1. The van der Waals surface area contributed by atoms with Crippen molar-refractivity contribution in [2.45, 2.75) is 17.1 Å². The minimum Gasteiger partial charge on any atom is -0.490 e. The fraction of sp³-hybridized carbons (Fsp3) is 0.267. The van der Waals surface area contributed by atoms with Gasteiger partial charge in [-0.2, -0.15) is 0 Å². The topological polar surface area (TPSA) is 31.4 Å². The molecule has 0 atom stereocenters. The van der Waals surface area contributed by atoms with E-state index in [1.807, 2.05) is 30.5 Å². The number of thioether (sulfide) groups is 1. The molecule has 0 saturated carbocycles. The predicted octanol–water partition coefficient (Wildman–Crippen LogP) is 4.30. The van der Waals surface area contributed by atoms with E-state index in [0.29, 0.717) is 0 Å². The van der Waals surface area contributed by atoms with E-state index in [2.05, 4.69) is 27.0 Å². The van der Waals surface area contributed by atoms with Crippen LogP contribution in [0.1, 0.15) is 12.1 Å². The molecule has 1 aliphatic heterocycles. The predicted molar refractivity (Wildman–Crippen MR) is 83.5 cm³/mol. The second-order valence-electron chi connectivity index (χ2n) is 4.42. The summed E-state index contributed by atoms with van der Waals surface area (Å²) in [7, 11) is 0. The fourth-order valence-electron chi connectivity index (χ4n) is 1.88. The van der Waals surface area contributed by atoms with E-state index in [1.54, 1.807) is 11.8 Å². The highest BCUT2D eigenvalue weighted by atomic mass is 79.9. The zero-order valence-corrected chi connectivity index (χ0v) is 13.2. The van der Waals surface area contributed by atoms with Crippen LogP contribution in [-0.2, 0) is 5.75 Å². The van der Waals surface area contributed by atoms with Gasteiger partial charge in [0.1, 0.15) is 0 Å². The van der Waals surface area contributed by atoms with Crippen LogP contribution in [0, 0.1) is 0 Å². The maximum atomic E-state index is 5.70. The van der Waals surface area contributed by atoms with Gasteiger partial charge in [0.2, 0.25) is 0 Å². The van der Waals surface area contributed by atoms with E-state index in [-0.39, 0.29) is 0 Å². The lowest BCUT2D eigenvalue weighted by Crippen LogP contribution is -1.97. The maximum absolute atomic E-state index is 5.70. The number of hydrogen-bond acceptors (Lipinski definition) is 4. The lowest BCUT2D eigenvalue weighted by Gasteiger charge is -2.09. The summed E-state index contributed by atoms with van der Waals surface area (Å²) in [6.45, 7) is 1.44. The van der Waals surface area contributed by atoms with Gasteiger partial charge in [0.25, 0.3) is 0 Å². The molecule has 20 heavy (non-hydrogen) atoms. The third-order valence-electron chi connectivity index (χ3n) is 2.89. The van der Waals surface area contributed by atoms with E-state index in [1.165, 1.54) is 4.90 Å². The molecule has 0 N–H and O–H groups in total. The molecule has 3 nitrogen and oxygen atoms in total. The van der Waals surface area contributed by atoms with Crippen molar-refractivity contribution in [1.82, 2.24) is 4.98 Å². The van der Waals surface area contributed by atoms with Crippen molar-refractivity contribution in [2.24, 2.45) is 0 Å². The minimum atomic E-state index is 0.718. The number of hydrogen-bond donors (Lipinski definition) is 0. The molecule has 0 unspecified atom stereocenters. The highest BCUT2D eigenvalue weighted by Gasteiger charge is 2.10. The first-order valence-electron chi connectivity index (χ1n) is 6.44. The van der Waals surface area contributed by atoms with E-state index in [9.17, 15) is 0 Å². The molecule has 0 bridgehead atoms. The first kappa shape index (κ1) is 13.8. The van der Waals surface area contributed by atoms with Gasteiger partial charge in [-0.25, -0.2) is 0 Å². The van der Waals surface area contributed by atoms with Crippen molar-refractivity contribution < 1.29 is 9.47 Å². The van der Waals surface area contributed by atoms with Gasteiger partial charge in [-0.3, -0.25) is 4.98 Å². The molecule has 1 aromatic carbocycles. The highest BCUT2D eigenvalue weighted by Crippen LogP contribution is 2.34. The van der Waals surface area contributed by atoms with Gasteiger partial charge in [0.15, 0.2) is 11.5 Å². The average Bonchev–Trinajstić information content (AvgIpc) is 2.71. The highest BCUT2D eigenvalue weighted by molar-refractivity contribution is 9.10. The van der Waals surface area contributed by atoms with Crippen molar-refractivity contribution in [3.8, 4) is 11.5 Å². The molecule has 5 heteroatoms. The molecule has 0 radical (unpaired) electrons. The molecule has 0 spiro atoms. The third kappa shape index (κ3) is 3.46. The van der Waals surface area contributed by atoms with Gasteiger partial charge < -0.3 is 9.47 Å². The normalized spacial score (nSPS) is 13.8. The first-order chi connectivity index (χ1) is 9.81. The summed E-state index contributed by atoms with van der Waals surface area (Å²) in [5, 5.41) is 0. The number of aromatic nitrogens is 1. The van der Waals surface area contributed by atoms with E-state index in [4.69, 9.17) is 9.47 Å². The maximum Gasteiger partial charge on any atom is 0.162 e. The zero-order chi connectivity index (χ0) is 13.8. The fourth-order valence-corrected chi connectivity index (χ4v) is 2.96. The summed E-state index contributed by atoms with van der Waals surface area (Å²) in [5.41, 5.74) is 1.06. The van der Waals surface area contributed by atoms with E-state index >= 15 is 0 Å². The Hall–Kier alpha value is -1.20. The van der Waals surface area contributed by atoms with Gasteiger partial charge >= 0.3 is 0 Å². The second-order valence-corrected chi connectivity index (χ2v) is 6.38.